The minimum atomic E-state index is -4.37. The van der Waals surface area contributed by atoms with Gasteiger partial charge in [-0.05, 0) is 37.3 Å². The summed E-state index contributed by atoms with van der Waals surface area (Å²) in [6.45, 7) is 2.60. The van der Waals surface area contributed by atoms with Gasteiger partial charge >= 0.3 is 6.18 Å². The van der Waals surface area contributed by atoms with E-state index < -0.39 is 12.8 Å². The Morgan fingerprint density at radius 3 is 2.75 bits per heavy atom. The molecule has 0 amide bonds. The van der Waals surface area contributed by atoms with Crippen LogP contribution in [0.3, 0.4) is 0 Å². The quantitative estimate of drug-likeness (QED) is 0.375. The minimum Gasteiger partial charge on any atom is -0.468 e. The van der Waals surface area contributed by atoms with Crippen molar-refractivity contribution in [3.63, 3.8) is 0 Å². The maximum absolute atomic E-state index is 12.1. The second kappa shape index (κ2) is 9.90. The highest BCUT2D eigenvalue weighted by molar-refractivity contribution is 14.0. The minimum absolute atomic E-state index is 0. The van der Waals surface area contributed by atoms with Gasteiger partial charge in [0.25, 0.3) is 0 Å². The molecule has 1 aliphatic rings. The largest absolute Gasteiger partial charge is 0.468 e. The Labute approximate surface area is 156 Å². The second-order valence-corrected chi connectivity index (χ2v) is 5.43. The van der Waals surface area contributed by atoms with Crippen molar-refractivity contribution in [3.8, 4) is 5.88 Å². The van der Waals surface area contributed by atoms with Crippen molar-refractivity contribution in [2.75, 3.05) is 19.7 Å². The van der Waals surface area contributed by atoms with Crippen LogP contribution >= 0.6 is 24.0 Å². The highest BCUT2D eigenvalue weighted by Gasteiger charge is 2.28. The number of aromatic nitrogens is 1. The van der Waals surface area contributed by atoms with Gasteiger partial charge in [-0.25, -0.2) is 9.98 Å². The molecule has 1 heterocycles. The number of nitrogens with zero attached hydrogens (tertiary/aromatic N) is 2. The van der Waals surface area contributed by atoms with Gasteiger partial charge in [-0.2, -0.15) is 13.2 Å². The molecule has 0 bridgehead atoms. The lowest BCUT2D eigenvalue weighted by molar-refractivity contribution is -0.154. The van der Waals surface area contributed by atoms with E-state index >= 15 is 0 Å². The maximum Gasteiger partial charge on any atom is 0.422 e. The van der Waals surface area contributed by atoms with Crippen molar-refractivity contribution in [3.05, 3.63) is 23.9 Å². The average Bonchev–Trinajstić information content (AvgIpc) is 3.32. The molecule has 1 aromatic rings. The molecule has 0 aromatic carbocycles. The Morgan fingerprint density at radius 2 is 2.12 bits per heavy atom. The summed E-state index contributed by atoms with van der Waals surface area (Å²) in [6.07, 6.45) is -0.463. The number of ether oxygens (including phenoxy) is 1. The molecule has 0 saturated heterocycles. The highest BCUT2D eigenvalue weighted by atomic mass is 127. The van der Waals surface area contributed by atoms with E-state index in [9.17, 15) is 13.2 Å². The third kappa shape index (κ3) is 8.55. The van der Waals surface area contributed by atoms with E-state index in [2.05, 4.69) is 25.3 Å². The van der Waals surface area contributed by atoms with E-state index in [0.29, 0.717) is 12.5 Å². The summed E-state index contributed by atoms with van der Waals surface area (Å²) < 4.78 is 41.1. The molecular weight excluding hydrogens is 436 g/mol. The maximum atomic E-state index is 12.1. The Bertz CT molecular complexity index is 536. The topological polar surface area (TPSA) is 58.5 Å². The van der Waals surface area contributed by atoms with Crippen LogP contribution in [0.25, 0.3) is 0 Å². The lowest BCUT2D eigenvalue weighted by atomic mass is 10.3. The average molecular weight is 458 g/mol. The van der Waals surface area contributed by atoms with Crippen LogP contribution in [0.1, 0.15) is 25.3 Å². The number of hydrogen-bond donors (Lipinski definition) is 2. The summed E-state index contributed by atoms with van der Waals surface area (Å²) in [4.78, 5) is 8.19. The Hall–Kier alpha value is -1.26. The molecule has 0 atom stereocenters. The molecular formula is C15H22F3IN4O. The molecule has 2 N–H and O–H groups in total. The van der Waals surface area contributed by atoms with E-state index in [1.165, 1.54) is 25.1 Å². The van der Waals surface area contributed by atoms with Crippen LogP contribution in [0.2, 0.25) is 0 Å². The molecule has 1 aliphatic carbocycles. The van der Waals surface area contributed by atoms with Crippen LogP contribution in [-0.2, 0) is 6.54 Å². The molecule has 1 saturated carbocycles. The number of hydrogen-bond acceptors (Lipinski definition) is 3. The number of halogens is 4. The van der Waals surface area contributed by atoms with Crippen LogP contribution in [0.4, 0.5) is 13.2 Å². The van der Waals surface area contributed by atoms with Crippen molar-refractivity contribution < 1.29 is 17.9 Å². The van der Waals surface area contributed by atoms with E-state index in [0.717, 1.165) is 24.6 Å². The molecule has 0 aliphatic heterocycles. The first-order valence-corrected chi connectivity index (χ1v) is 7.63. The molecule has 24 heavy (non-hydrogen) atoms. The number of guanidine groups is 1. The standard InChI is InChI=1S/C15H21F3N4O.HI/c1-2-19-14(21-8-11-3-4-11)22-9-12-5-6-20-13(7-12)23-10-15(16,17)18;/h5-7,11H,2-4,8-10H2,1H3,(H2,19,21,22);1H. The zero-order valence-electron chi connectivity index (χ0n) is 13.4. The van der Waals surface area contributed by atoms with Gasteiger partial charge in [0.05, 0.1) is 6.54 Å². The van der Waals surface area contributed by atoms with Crippen molar-refractivity contribution in [1.82, 2.24) is 15.6 Å². The fourth-order valence-corrected chi connectivity index (χ4v) is 1.86. The van der Waals surface area contributed by atoms with Gasteiger partial charge in [0.15, 0.2) is 12.6 Å². The van der Waals surface area contributed by atoms with Crippen LogP contribution < -0.4 is 15.4 Å². The molecule has 1 aromatic heterocycles. The molecule has 9 heteroatoms. The lowest BCUT2D eigenvalue weighted by Gasteiger charge is -2.11. The van der Waals surface area contributed by atoms with Gasteiger partial charge in [-0.1, -0.05) is 0 Å². The first-order chi connectivity index (χ1) is 11.0. The Balaban J connectivity index is 0.00000288. The highest BCUT2D eigenvalue weighted by Crippen LogP contribution is 2.27. The molecule has 5 nitrogen and oxygen atoms in total. The fourth-order valence-electron chi connectivity index (χ4n) is 1.86. The predicted molar refractivity (Wildman–Crippen MR) is 96.7 cm³/mol. The fraction of sp³-hybridized carbons (Fsp3) is 0.600. The number of nitrogens with one attached hydrogen (secondary N) is 2. The van der Waals surface area contributed by atoms with Crippen LogP contribution in [0.5, 0.6) is 5.88 Å². The van der Waals surface area contributed by atoms with Gasteiger partial charge in [0.2, 0.25) is 5.88 Å². The van der Waals surface area contributed by atoms with E-state index in [1.54, 1.807) is 6.07 Å². The van der Waals surface area contributed by atoms with Crippen molar-refractivity contribution >= 4 is 29.9 Å². The van der Waals surface area contributed by atoms with Gasteiger partial charge < -0.3 is 15.4 Å². The lowest BCUT2D eigenvalue weighted by Crippen LogP contribution is -2.38. The SMILES string of the molecule is CCNC(=NCc1ccnc(OCC(F)(F)F)c1)NCC1CC1.I. The first kappa shape index (κ1) is 20.8. The first-order valence-electron chi connectivity index (χ1n) is 7.63. The van der Waals surface area contributed by atoms with Crippen molar-refractivity contribution in [2.24, 2.45) is 10.9 Å². The van der Waals surface area contributed by atoms with Gasteiger partial charge in [-0.15, -0.1) is 24.0 Å². The van der Waals surface area contributed by atoms with E-state index in [1.807, 2.05) is 6.92 Å². The van der Waals surface area contributed by atoms with Gasteiger partial charge in [0, 0.05) is 25.4 Å². The summed E-state index contributed by atoms with van der Waals surface area (Å²) in [5.41, 5.74) is 0.737. The van der Waals surface area contributed by atoms with Crippen molar-refractivity contribution in [1.29, 1.82) is 0 Å². The number of pyridine rings is 1. The number of alkyl halides is 3. The van der Waals surface area contributed by atoms with Crippen molar-refractivity contribution in [2.45, 2.75) is 32.5 Å². The van der Waals surface area contributed by atoms with Gasteiger partial charge in [-0.3, -0.25) is 0 Å². The van der Waals surface area contributed by atoms with E-state index in [4.69, 9.17) is 0 Å². The summed E-state index contributed by atoms with van der Waals surface area (Å²) in [5, 5.41) is 6.39. The number of rotatable bonds is 7. The molecule has 0 radical (unpaired) electrons. The third-order valence-corrected chi connectivity index (χ3v) is 3.20. The molecule has 1 fully saturated rings. The second-order valence-electron chi connectivity index (χ2n) is 5.43. The number of aliphatic imine (C=N–C) groups is 1. The van der Waals surface area contributed by atoms with Gasteiger partial charge in [0.1, 0.15) is 0 Å². The van der Waals surface area contributed by atoms with E-state index in [-0.39, 0.29) is 29.9 Å². The zero-order chi connectivity index (χ0) is 16.7. The zero-order valence-corrected chi connectivity index (χ0v) is 15.7. The van der Waals surface area contributed by atoms with Crippen LogP contribution in [0.15, 0.2) is 23.3 Å². The Morgan fingerprint density at radius 1 is 1.38 bits per heavy atom. The molecule has 0 spiro atoms. The smallest absolute Gasteiger partial charge is 0.422 e. The molecule has 2 rings (SSSR count). The molecule has 136 valence electrons. The Kier molecular flexibility index (Phi) is 8.57. The summed E-state index contributed by atoms with van der Waals surface area (Å²) in [5.74, 6) is 1.38. The summed E-state index contributed by atoms with van der Waals surface area (Å²) in [6, 6.07) is 3.17. The summed E-state index contributed by atoms with van der Waals surface area (Å²) in [7, 11) is 0. The van der Waals surface area contributed by atoms with Crippen LogP contribution in [0, 0.1) is 5.92 Å². The predicted octanol–water partition coefficient (Wildman–Crippen LogP) is 3.11. The third-order valence-electron chi connectivity index (χ3n) is 3.20. The molecule has 0 unspecified atom stereocenters. The normalized spacial score (nSPS) is 14.8. The van der Waals surface area contributed by atoms with Crippen LogP contribution in [-0.4, -0.2) is 36.8 Å². The summed E-state index contributed by atoms with van der Waals surface area (Å²) >= 11 is 0. The monoisotopic (exact) mass is 458 g/mol.